The number of ether oxygens (including phenoxy) is 1. The van der Waals surface area contributed by atoms with Crippen LogP contribution in [0.25, 0.3) is 0 Å². The molecule has 1 atom stereocenters. The Labute approximate surface area is 98.0 Å². The average molecular weight is 222 g/mol. The minimum absolute atomic E-state index is 0.347. The van der Waals surface area contributed by atoms with Crippen LogP contribution in [0, 0.1) is 0 Å². The summed E-state index contributed by atoms with van der Waals surface area (Å²) in [6.45, 7) is 6.45. The molecule has 1 rings (SSSR count). The van der Waals surface area contributed by atoms with Gasteiger partial charge in [-0.3, -0.25) is 0 Å². The maximum absolute atomic E-state index is 5.58. The summed E-state index contributed by atoms with van der Waals surface area (Å²) in [5.41, 5.74) is 6.78. The summed E-state index contributed by atoms with van der Waals surface area (Å²) in [5, 5.41) is 3.35. The predicted octanol–water partition coefficient (Wildman–Crippen LogP) is 1.91. The molecule has 1 aromatic carbocycles. The minimum Gasteiger partial charge on any atom is -0.494 e. The zero-order valence-electron chi connectivity index (χ0n) is 10.2. The fourth-order valence-corrected chi connectivity index (χ4v) is 1.34. The van der Waals surface area contributed by atoms with E-state index in [1.807, 2.05) is 12.1 Å². The van der Waals surface area contributed by atoms with Gasteiger partial charge in [0.25, 0.3) is 0 Å². The molecule has 0 unspecified atom stereocenters. The van der Waals surface area contributed by atoms with Gasteiger partial charge in [-0.1, -0.05) is 19.1 Å². The van der Waals surface area contributed by atoms with Crippen LogP contribution in [0.1, 0.15) is 25.8 Å². The lowest BCUT2D eigenvalue weighted by molar-refractivity contribution is 0.317. The molecule has 0 aromatic heterocycles. The second-order valence-corrected chi connectivity index (χ2v) is 4.01. The Morgan fingerprint density at radius 2 is 2.25 bits per heavy atom. The van der Waals surface area contributed by atoms with Gasteiger partial charge in [0.2, 0.25) is 0 Å². The maximum atomic E-state index is 5.58. The number of hydrogen-bond donors (Lipinski definition) is 2. The molecule has 3 nitrogen and oxygen atoms in total. The number of nitrogens with one attached hydrogen (secondary N) is 1. The highest BCUT2D eigenvalue weighted by Crippen LogP contribution is 2.13. The molecule has 1 aromatic rings. The maximum Gasteiger partial charge on any atom is 0.119 e. The third-order valence-corrected chi connectivity index (χ3v) is 2.38. The molecule has 0 saturated carbocycles. The van der Waals surface area contributed by atoms with Crippen molar-refractivity contribution in [2.45, 2.75) is 32.9 Å². The highest BCUT2D eigenvalue weighted by Gasteiger charge is 2.00. The molecule has 3 heteroatoms. The van der Waals surface area contributed by atoms with Crippen molar-refractivity contribution in [2.75, 3.05) is 13.2 Å². The predicted molar refractivity (Wildman–Crippen MR) is 67.6 cm³/mol. The Hall–Kier alpha value is -1.06. The van der Waals surface area contributed by atoms with Crippen LogP contribution in [-0.4, -0.2) is 19.2 Å². The zero-order chi connectivity index (χ0) is 11.8. The summed E-state index contributed by atoms with van der Waals surface area (Å²) in [7, 11) is 0. The Bertz CT molecular complexity index is 302. The van der Waals surface area contributed by atoms with Gasteiger partial charge in [0.05, 0.1) is 6.61 Å². The van der Waals surface area contributed by atoms with Crippen LogP contribution >= 0.6 is 0 Å². The lowest BCUT2D eigenvalue weighted by Crippen LogP contribution is -2.32. The van der Waals surface area contributed by atoms with Crippen LogP contribution < -0.4 is 15.8 Å². The van der Waals surface area contributed by atoms with E-state index in [4.69, 9.17) is 10.5 Å². The van der Waals surface area contributed by atoms with Gasteiger partial charge >= 0.3 is 0 Å². The SMILES string of the molecule is CCCOc1cccc(CN[C@@H](C)CN)c1. The van der Waals surface area contributed by atoms with E-state index >= 15 is 0 Å². The van der Waals surface area contributed by atoms with Crippen molar-refractivity contribution >= 4 is 0 Å². The molecule has 0 amide bonds. The second-order valence-electron chi connectivity index (χ2n) is 4.01. The topological polar surface area (TPSA) is 47.3 Å². The van der Waals surface area contributed by atoms with Crippen molar-refractivity contribution in [3.8, 4) is 5.75 Å². The van der Waals surface area contributed by atoms with Crippen LogP contribution in [0.3, 0.4) is 0 Å². The standard InChI is InChI=1S/C13H22N2O/c1-3-7-16-13-6-4-5-12(8-13)10-15-11(2)9-14/h4-6,8,11,15H,3,7,9-10,14H2,1-2H3/t11-/m0/s1. The highest BCUT2D eigenvalue weighted by molar-refractivity contribution is 5.28. The molecule has 0 aliphatic heterocycles. The van der Waals surface area contributed by atoms with Gasteiger partial charge in [0, 0.05) is 19.1 Å². The molecular weight excluding hydrogens is 200 g/mol. The molecule has 0 bridgehead atoms. The highest BCUT2D eigenvalue weighted by atomic mass is 16.5. The third-order valence-electron chi connectivity index (χ3n) is 2.38. The van der Waals surface area contributed by atoms with Crippen LogP contribution in [-0.2, 0) is 6.54 Å². The summed E-state index contributed by atoms with van der Waals surface area (Å²) < 4.78 is 5.58. The van der Waals surface area contributed by atoms with Crippen LogP contribution in [0.15, 0.2) is 24.3 Å². The van der Waals surface area contributed by atoms with E-state index in [2.05, 4.69) is 31.3 Å². The van der Waals surface area contributed by atoms with Crippen molar-refractivity contribution < 1.29 is 4.74 Å². The van der Waals surface area contributed by atoms with Crippen LogP contribution in [0.2, 0.25) is 0 Å². The molecule has 0 aliphatic rings. The fraction of sp³-hybridized carbons (Fsp3) is 0.538. The van der Waals surface area contributed by atoms with Crippen molar-refractivity contribution in [1.29, 1.82) is 0 Å². The average Bonchev–Trinajstić information content (AvgIpc) is 2.34. The van der Waals surface area contributed by atoms with E-state index < -0.39 is 0 Å². The molecule has 90 valence electrons. The van der Waals surface area contributed by atoms with Crippen LogP contribution in [0.4, 0.5) is 0 Å². The van der Waals surface area contributed by atoms with E-state index in [0.717, 1.165) is 25.3 Å². The number of hydrogen-bond acceptors (Lipinski definition) is 3. The number of benzene rings is 1. The zero-order valence-corrected chi connectivity index (χ0v) is 10.2. The first kappa shape index (κ1) is 13.0. The van der Waals surface area contributed by atoms with E-state index in [-0.39, 0.29) is 0 Å². The van der Waals surface area contributed by atoms with Gasteiger partial charge < -0.3 is 15.8 Å². The Kier molecular flexibility index (Phi) is 5.90. The number of nitrogens with two attached hydrogens (primary N) is 1. The van der Waals surface area contributed by atoms with E-state index in [9.17, 15) is 0 Å². The van der Waals surface area contributed by atoms with E-state index in [1.165, 1.54) is 5.56 Å². The smallest absolute Gasteiger partial charge is 0.119 e. The summed E-state index contributed by atoms with van der Waals surface area (Å²) in [6, 6.07) is 8.53. The lowest BCUT2D eigenvalue weighted by Gasteiger charge is -2.12. The Morgan fingerprint density at radius 1 is 1.44 bits per heavy atom. The van der Waals surface area contributed by atoms with Gasteiger partial charge in [-0.15, -0.1) is 0 Å². The quantitative estimate of drug-likeness (QED) is 0.741. The van der Waals surface area contributed by atoms with Gasteiger partial charge in [-0.05, 0) is 31.0 Å². The molecule has 0 aliphatic carbocycles. The third kappa shape index (κ3) is 4.64. The first-order valence-corrected chi connectivity index (χ1v) is 5.91. The summed E-state index contributed by atoms with van der Waals surface area (Å²) in [6.07, 6.45) is 1.03. The molecule has 0 heterocycles. The largest absolute Gasteiger partial charge is 0.494 e. The molecule has 16 heavy (non-hydrogen) atoms. The molecule has 0 radical (unpaired) electrons. The molecule has 3 N–H and O–H groups in total. The van der Waals surface area contributed by atoms with Crippen molar-refractivity contribution in [3.05, 3.63) is 29.8 Å². The van der Waals surface area contributed by atoms with Crippen molar-refractivity contribution in [2.24, 2.45) is 5.73 Å². The Morgan fingerprint density at radius 3 is 2.94 bits per heavy atom. The molecule has 0 fully saturated rings. The Balaban J connectivity index is 2.46. The fourth-order valence-electron chi connectivity index (χ4n) is 1.34. The summed E-state index contributed by atoms with van der Waals surface area (Å²) >= 11 is 0. The van der Waals surface area contributed by atoms with Gasteiger partial charge in [0.1, 0.15) is 5.75 Å². The van der Waals surface area contributed by atoms with Crippen molar-refractivity contribution in [3.63, 3.8) is 0 Å². The normalized spacial score (nSPS) is 12.4. The van der Waals surface area contributed by atoms with Gasteiger partial charge in [-0.25, -0.2) is 0 Å². The molecule has 0 saturated heterocycles. The number of rotatable bonds is 7. The summed E-state index contributed by atoms with van der Waals surface area (Å²) in [5.74, 6) is 0.946. The van der Waals surface area contributed by atoms with E-state index in [0.29, 0.717) is 12.6 Å². The molecule has 0 spiro atoms. The van der Waals surface area contributed by atoms with E-state index in [1.54, 1.807) is 0 Å². The first-order chi connectivity index (χ1) is 7.76. The second kappa shape index (κ2) is 7.25. The van der Waals surface area contributed by atoms with Crippen LogP contribution in [0.5, 0.6) is 5.75 Å². The monoisotopic (exact) mass is 222 g/mol. The lowest BCUT2D eigenvalue weighted by atomic mass is 10.2. The summed E-state index contributed by atoms with van der Waals surface area (Å²) in [4.78, 5) is 0. The first-order valence-electron chi connectivity index (χ1n) is 5.91. The minimum atomic E-state index is 0.347. The van der Waals surface area contributed by atoms with Crippen molar-refractivity contribution in [1.82, 2.24) is 5.32 Å². The van der Waals surface area contributed by atoms with Gasteiger partial charge in [-0.2, -0.15) is 0 Å². The van der Waals surface area contributed by atoms with Gasteiger partial charge in [0.15, 0.2) is 0 Å². The molecular formula is C13H22N2O.